The molecule has 4 rings (SSSR count). The number of nitrogens with zero attached hydrogens (tertiary/aromatic N) is 1. The van der Waals surface area contributed by atoms with Gasteiger partial charge in [-0.05, 0) is 24.3 Å². The molecule has 0 aliphatic heterocycles. The Balaban J connectivity index is 1.60. The average Bonchev–Trinajstić information content (AvgIpc) is 3.05. The lowest BCUT2D eigenvalue weighted by Crippen LogP contribution is -2.35. The van der Waals surface area contributed by atoms with E-state index in [0.717, 1.165) is 4.31 Å². The molecule has 0 saturated heterocycles. The van der Waals surface area contributed by atoms with Crippen molar-refractivity contribution in [3.05, 3.63) is 96.1 Å². The number of carbonyl (C=O) groups is 3. The van der Waals surface area contributed by atoms with Gasteiger partial charge < -0.3 is 0 Å². The van der Waals surface area contributed by atoms with E-state index in [1.807, 2.05) is 0 Å². The molecule has 0 spiro atoms. The van der Waals surface area contributed by atoms with E-state index in [0.29, 0.717) is 5.69 Å². The van der Waals surface area contributed by atoms with Crippen molar-refractivity contribution in [2.45, 2.75) is 11.3 Å². The van der Waals surface area contributed by atoms with Crippen molar-refractivity contribution in [3.8, 4) is 0 Å². The molecule has 3 aromatic rings. The van der Waals surface area contributed by atoms with Crippen molar-refractivity contribution in [2.24, 2.45) is 5.92 Å². The Kier molecular flexibility index (Phi) is 5.52. The normalized spacial score (nSPS) is 13.8. The maximum Gasteiger partial charge on any atom is 0.264 e. The molecule has 0 radical (unpaired) electrons. The minimum absolute atomic E-state index is 0.0896. The standard InChI is InChI=1S/C24H19NO5S/c26-21(22-23(27)19-13-7-8-14-20(19)24(22)28)15-16-25(17-9-3-1-4-10-17)31(29,30)18-11-5-2-6-12-18/h1-14,22H,15-16H2. The number of hydrogen-bond donors (Lipinski definition) is 0. The van der Waals surface area contributed by atoms with Gasteiger partial charge in [0.2, 0.25) is 0 Å². The summed E-state index contributed by atoms with van der Waals surface area (Å²) in [4.78, 5) is 38.2. The van der Waals surface area contributed by atoms with Crippen LogP contribution in [-0.4, -0.2) is 32.3 Å². The molecule has 3 aromatic carbocycles. The Labute approximate surface area is 180 Å². The average molecular weight is 433 g/mol. The van der Waals surface area contributed by atoms with E-state index in [1.165, 1.54) is 24.3 Å². The van der Waals surface area contributed by atoms with Gasteiger partial charge in [0.05, 0.1) is 10.6 Å². The highest BCUT2D eigenvalue weighted by atomic mass is 32.2. The van der Waals surface area contributed by atoms with Gasteiger partial charge in [-0.25, -0.2) is 8.42 Å². The third-order valence-corrected chi connectivity index (χ3v) is 7.08. The number of fused-ring (bicyclic) bond motifs is 1. The molecule has 0 fully saturated rings. The molecule has 0 saturated carbocycles. The van der Waals surface area contributed by atoms with Gasteiger partial charge >= 0.3 is 0 Å². The first-order valence-corrected chi connectivity index (χ1v) is 11.2. The number of rotatable bonds is 7. The minimum atomic E-state index is -3.94. The highest BCUT2D eigenvalue weighted by Crippen LogP contribution is 2.29. The maximum atomic E-state index is 13.3. The number of para-hydroxylation sites is 1. The summed E-state index contributed by atoms with van der Waals surface area (Å²) in [5, 5.41) is 0. The predicted molar refractivity (Wildman–Crippen MR) is 116 cm³/mol. The Morgan fingerprint density at radius 1 is 0.742 bits per heavy atom. The van der Waals surface area contributed by atoms with E-state index < -0.39 is 33.3 Å². The Bertz CT molecular complexity index is 1220. The van der Waals surface area contributed by atoms with E-state index >= 15 is 0 Å². The molecule has 0 N–H and O–H groups in total. The van der Waals surface area contributed by atoms with Gasteiger partial charge in [0.1, 0.15) is 5.92 Å². The summed E-state index contributed by atoms with van der Waals surface area (Å²) in [6.07, 6.45) is -0.267. The van der Waals surface area contributed by atoms with Crippen LogP contribution in [0.2, 0.25) is 0 Å². The van der Waals surface area contributed by atoms with Gasteiger partial charge in [-0.1, -0.05) is 60.7 Å². The summed E-state index contributed by atoms with van der Waals surface area (Å²) < 4.78 is 27.6. The number of anilines is 1. The second kappa shape index (κ2) is 8.28. The van der Waals surface area contributed by atoms with Gasteiger partial charge in [0.25, 0.3) is 10.0 Å². The molecule has 0 bridgehead atoms. The van der Waals surface area contributed by atoms with Crippen molar-refractivity contribution in [3.63, 3.8) is 0 Å². The zero-order valence-electron chi connectivity index (χ0n) is 16.5. The summed E-state index contributed by atoms with van der Waals surface area (Å²) in [7, 11) is -3.94. The molecule has 0 atom stereocenters. The molecule has 31 heavy (non-hydrogen) atoms. The molecule has 6 nitrogen and oxygen atoms in total. The van der Waals surface area contributed by atoms with Crippen LogP contribution in [0.25, 0.3) is 0 Å². The smallest absolute Gasteiger partial charge is 0.264 e. The van der Waals surface area contributed by atoms with Crippen molar-refractivity contribution in [1.82, 2.24) is 0 Å². The molecule has 1 aliphatic rings. The quantitative estimate of drug-likeness (QED) is 0.532. The monoisotopic (exact) mass is 433 g/mol. The topological polar surface area (TPSA) is 88.6 Å². The summed E-state index contributed by atoms with van der Waals surface area (Å²) in [6.45, 7) is -0.187. The first-order chi connectivity index (χ1) is 14.9. The zero-order chi connectivity index (χ0) is 22.0. The first kappa shape index (κ1) is 20.7. The number of ketones is 3. The number of benzene rings is 3. The van der Waals surface area contributed by atoms with Crippen molar-refractivity contribution in [2.75, 3.05) is 10.8 Å². The highest BCUT2D eigenvalue weighted by Gasteiger charge is 2.42. The van der Waals surface area contributed by atoms with E-state index in [4.69, 9.17) is 0 Å². The summed E-state index contributed by atoms with van der Waals surface area (Å²) in [6, 6.07) is 22.7. The number of sulfonamides is 1. The molecule has 1 aliphatic carbocycles. The van der Waals surface area contributed by atoms with E-state index in [1.54, 1.807) is 60.7 Å². The number of hydrogen-bond acceptors (Lipinski definition) is 5. The maximum absolute atomic E-state index is 13.3. The van der Waals surface area contributed by atoms with Crippen LogP contribution in [0, 0.1) is 5.92 Å². The van der Waals surface area contributed by atoms with Crippen LogP contribution >= 0.6 is 0 Å². The van der Waals surface area contributed by atoms with Gasteiger partial charge in [0.15, 0.2) is 17.3 Å². The number of carbonyl (C=O) groups excluding carboxylic acids is 3. The van der Waals surface area contributed by atoms with Crippen LogP contribution in [0.4, 0.5) is 5.69 Å². The molecule has 7 heteroatoms. The zero-order valence-corrected chi connectivity index (χ0v) is 17.3. The fraction of sp³-hybridized carbons (Fsp3) is 0.125. The molecule has 156 valence electrons. The summed E-state index contributed by atoms with van der Waals surface area (Å²) >= 11 is 0. The lowest BCUT2D eigenvalue weighted by Gasteiger charge is -2.24. The highest BCUT2D eigenvalue weighted by molar-refractivity contribution is 7.92. The van der Waals surface area contributed by atoms with Crippen molar-refractivity contribution >= 4 is 33.1 Å². The number of Topliss-reactive ketones (excluding diaryl/α,β-unsaturated/α-hetero) is 3. The Morgan fingerprint density at radius 3 is 1.77 bits per heavy atom. The van der Waals surface area contributed by atoms with E-state index in [9.17, 15) is 22.8 Å². The molecular weight excluding hydrogens is 414 g/mol. The molecule has 0 heterocycles. The molecular formula is C24H19NO5S. The SMILES string of the molecule is O=C(CCN(c1ccccc1)S(=O)(=O)c1ccccc1)C1C(=O)c2ccccc2C1=O. The fourth-order valence-electron chi connectivity index (χ4n) is 3.69. The van der Waals surface area contributed by atoms with Gasteiger partial charge in [0, 0.05) is 24.1 Å². The summed E-state index contributed by atoms with van der Waals surface area (Å²) in [5.74, 6) is -3.05. The molecule has 0 amide bonds. The minimum Gasteiger partial charge on any atom is -0.298 e. The van der Waals surface area contributed by atoms with Crippen LogP contribution in [0.1, 0.15) is 27.1 Å². The van der Waals surface area contributed by atoms with Crippen LogP contribution in [0.5, 0.6) is 0 Å². The lowest BCUT2D eigenvalue weighted by molar-refractivity contribution is -0.120. The largest absolute Gasteiger partial charge is 0.298 e. The Hall–Kier alpha value is -3.58. The van der Waals surface area contributed by atoms with Crippen LogP contribution < -0.4 is 4.31 Å². The fourth-order valence-corrected chi connectivity index (χ4v) is 5.18. The second-order valence-electron chi connectivity index (χ2n) is 7.15. The van der Waals surface area contributed by atoms with Crippen LogP contribution in [0.3, 0.4) is 0 Å². The van der Waals surface area contributed by atoms with Gasteiger partial charge in [-0.15, -0.1) is 0 Å². The van der Waals surface area contributed by atoms with Crippen molar-refractivity contribution in [1.29, 1.82) is 0 Å². The Morgan fingerprint density at radius 2 is 1.23 bits per heavy atom. The lowest BCUT2D eigenvalue weighted by atomic mass is 9.96. The first-order valence-electron chi connectivity index (χ1n) is 9.74. The van der Waals surface area contributed by atoms with Crippen LogP contribution in [-0.2, 0) is 14.8 Å². The van der Waals surface area contributed by atoms with Crippen molar-refractivity contribution < 1.29 is 22.8 Å². The van der Waals surface area contributed by atoms with E-state index in [-0.39, 0.29) is 29.0 Å². The third kappa shape index (κ3) is 3.80. The molecule has 0 unspecified atom stereocenters. The van der Waals surface area contributed by atoms with Gasteiger partial charge in [-0.3, -0.25) is 18.7 Å². The predicted octanol–water partition coefficient (Wildman–Crippen LogP) is 3.54. The summed E-state index contributed by atoms with van der Waals surface area (Å²) in [5.41, 5.74) is 0.872. The second-order valence-corrected chi connectivity index (χ2v) is 9.01. The van der Waals surface area contributed by atoms with Gasteiger partial charge in [-0.2, -0.15) is 0 Å². The molecule has 0 aromatic heterocycles. The van der Waals surface area contributed by atoms with E-state index in [2.05, 4.69) is 0 Å². The third-order valence-electron chi connectivity index (χ3n) is 5.24. The van der Waals surface area contributed by atoms with Crippen LogP contribution in [0.15, 0.2) is 89.8 Å².